The highest BCUT2D eigenvalue weighted by Gasteiger charge is 2.27. The summed E-state index contributed by atoms with van der Waals surface area (Å²) in [7, 11) is 0. The normalized spacial score (nSPS) is 17.2. The predicted molar refractivity (Wildman–Crippen MR) is 111 cm³/mol. The Morgan fingerprint density at radius 1 is 1.29 bits per heavy atom. The van der Waals surface area contributed by atoms with Gasteiger partial charge in [0.25, 0.3) is 11.8 Å². The Hall–Kier alpha value is -3.15. The molecule has 1 saturated heterocycles. The lowest BCUT2D eigenvalue weighted by molar-refractivity contribution is -0.121. The Kier molecular flexibility index (Phi) is 4.86. The maximum atomic E-state index is 12.5. The van der Waals surface area contributed by atoms with Crippen LogP contribution in [0.15, 0.2) is 47.4 Å². The first-order valence-electron chi connectivity index (χ1n) is 8.34. The van der Waals surface area contributed by atoms with E-state index in [1.54, 1.807) is 35.2 Å². The lowest BCUT2D eigenvalue weighted by Crippen LogP contribution is -2.38. The van der Waals surface area contributed by atoms with Crippen LogP contribution in [0, 0.1) is 11.3 Å². The number of nitriles is 1. The molecule has 2 aliphatic rings. The van der Waals surface area contributed by atoms with Crippen LogP contribution in [0.25, 0.3) is 6.08 Å². The van der Waals surface area contributed by atoms with Gasteiger partial charge in [0.15, 0.2) is 6.61 Å². The largest absolute Gasteiger partial charge is 0.482 e. The molecule has 1 fully saturated rings. The van der Waals surface area contributed by atoms with Gasteiger partial charge in [-0.1, -0.05) is 42.2 Å². The van der Waals surface area contributed by atoms with Crippen LogP contribution in [0.5, 0.6) is 5.75 Å². The van der Waals surface area contributed by atoms with Gasteiger partial charge in [-0.2, -0.15) is 5.26 Å². The molecule has 0 atom stereocenters. The number of hydrogen-bond acceptors (Lipinski definition) is 6. The Morgan fingerprint density at radius 2 is 2.14 bits per heavy atom. The molecule has 2 aromatic rings. The molecule has 0 aliphatic carbocycles. The van der Waals surface area contributed by atoms with Crippen LogP contribution in [-0.4, -0.2) is 22.7 Å². The minimum atomic E-state index is -0.231. The van der Waals surface area contributed by atoms with E-state index >= 15 is 0 Å². The monoisotopic (exact) mass is 407 g/mol. The van der Waals surface area contributed by atoms with Gasteiger partial charge < -0.3 is 15.0 Å². The van der Waals surface area contributed by atoms with Gasteiger partial charge in [0.2, 0.25) is 0 Å². The second-order valence-electron chi connectivity index (χ2n) is 6.16. The van der Waals surface area contributed by atoms with E-state index in [9.17, 15) is 9.59 Å². The van der Waals surface area contributed by atoms with Crippen molar-refractivity contribution in [3.8, 4) is 11.8 Å². The number of amides is 2. The van der Waals surface area contributed by atoms with Crippen molar-refractivity contribution in [2.45, 2.75) is 6.54 Å². The van der Waals surface area contributed by atoms with Crippen LogP contribution in [0.2, 0.25) is 0 Å². The topological polar surface area (TPSA) is 82.4 Å². The SMILES string of the molecule is N#Cc1cccc(CN2C(=O)COc3ccc(C=C4SC(=S)NC4=O)cc32)c1. The highest BCUT2D eigenvalue weighted by Crippen LogP contribution is 2.35. The molecule has 0 radical (unpaired) electrons. The van der Waals surface area contributed by atoms with E-state index in [4.69, 9.17) is 22.2 Å². The summed E-state index contributed by atoms with van der Waals surface area (Å²) < 4.78 is 5.97. The summed E-state index contributed by atoms with van der Waals surface area (Å²) >= 11 is 6.21. The number of nitrogens with zero attached hydrogens (tertiary/aromatic N) is 2. The molecule has 0 spiro atoms. The molecule has 1 N–H and O–H groups in total. The van der Waals surface area contributed by atoms with Gasteiger partial charge in [-0.25, -0.2) is 0 Å². The first-order chi connectivity index (χ1) is 13.5. The molecule has 2 amide bonds. The van der Waals surface area contributed by atoms with E-state index < -0.39 is 0 Å². The second kappa shape index (κ2) is 7.46. The average Bonchev–Trinajstić information content (AvgIpc) is 3.01. The first-order valence-corrected chi connectivity index (χ1v) is 9.57. The van der Waals surface area contributed by atoms with Gasteiger partial charge in [0, 0.05) is 0 Å². The Balaban J connectivity index is 1.68. The smallest absolute Gasteiger partial charge is 0.265 e. The van der Waals surface area contributed by atoms with Crippen molar-refractivity contribution in [2.75, 3.05) is 11.5 Å². The summed E-state index contributed by atoms with van der Waals surface area (Å²) in [5.41, 5.74) is 2.77. The van der Waals surface area contributed by atoms with E-state index in [1.807, 2.05) is 18.2 Å². The molecule has 0 unspecified atom stereocenters. The van der Waals surface area contributed by atoms with Crippen molar-refractivity contribution in [3.63, 3.8) is 0 Å². The Morgan fingerprint density at radius 3 is 2.89 bits per heavy atom. The molecule has 6 nitrogen and oxygen atoms in total. The number of thiocarbonyl (C=S) groups is 1. The van der Waals surface area contributed by atoms with Gasteiger partial charge in [-0.05, 0) is 41.5 Å². The van der Waals surface area contributed by atoms with Crippen LogP contribution >= 0.6 is 24.0 Å². The van der Waals surface area contributed by atoms with Crippen molar-refractivity contribution in [1.82, 2.24) is 5.32 Å². The van der Waals surface area contributed by atoms with Gasteiger partial charge in [0.05, 0.1) is 28.8 Å². The Labute approximate surface area is 170 Å². The molecule has 2 aliphatic heterocycles. The van der Waals surface area contributed by atoms with Crippen molar-refractivity contribution < 1.29 is 14.3 Å². The van der Waals surface area contributed by atoms with E-state index in [0.29, 0.717) is 32.8 Å². The van der Waals surface area contributed by atoms with E-state index in [2.05, 4.69) is 11.4 Å². The molecule has 0 aromatic heterocycles. The number of anilines is 1. The zero-order chi connectivity index (χ0) is 19.7. The number of ether oxygens (including phenoxy) is 1. The lowest BCUT2D eigenvalue weighted by atomic mass is 10.1. The van der Waals surface area contributed by atoms with Gasteiger partial charge in [-0.3, -0.25) is 9.59 Å². The molecule has 138 valence electrons. The molecule has 2 heterocycles. The molecule has 2 aromatic carbocycles. The van der Waals surface area contributed by atoms with Gasteiger partial charge in [-0.15, -0.1) is 0 Å². The molecule has 8 heteroatoms. The van der Waals surface area contributed by atoms with Crippen LogP contribution in [0.4, 0.5) is 5.69 Å². The molecular weight excluding hydrogens is 394 g/mol. The number of rotatable bonds is 3. The zero-order valence-electron chi connectivity index (χ0n) is 14.5. The highest BCUT2D eigenvalue weighted by atomic mass is 32.2. The minimum Gasteiger partial charge on any atom is -0.482 e. The summed E-state index contributed by atoms with van der Waals surface area (Å²) in [6.45, 7) is 0.280. The highest BCUT2D eigenvalue weighted by molar-refractivity contribution is 8.26. The molecular formula is C20H13N3O3S2. The van der Waals surface area contributed by atoms with Crippen LogP contribution in [-0.2, 0) is 16.1 Å². The van der Waals surface area contributed by atoms with E-state index in [0.717, 1.165) is 11.1 Å². The summed E-state index contributed by atoms with van der Waals surface area (Å²) in [6, 6.07) is 14.7. The fourth-order valence-corrected chi connectivity index (χ4v) is 4.02. The lowest BCUT2D eigenvalue weighted by Gasteiger charge is -2.29. The standard InChI is InChI=1S/C20H13N3O3S2/c21-9-13-2-1-3-14(6-13)10-23-15-7-12(4-5-16(15)26-11-18(23)24)8-17-19(25)22-20(27)28-17/h1-8H,10-11H2,(H,22,25,27). The van der Waals surface area contributed by atoms with Crippen molar-refractivity contribution in [1.29, 1.82) is 5.26 Å². The fourth-order valence-electron chi connectivity index (χ4n) is 2.98. The van der Waals surface area contributed by atoms with E-state index in [1.165, 1.54) is 11.8 Å². The third kappa shape index (κ3) is 3.63. The van der Waals surface area contributed by atoms with Crippen molar-refractivity contribution >= 4 is 51.9 Å². The molecule has 0 bridgehead atoms. The number of thioether (sulfide) groups is 1. The first kappa shape index (κ1) is 18.2. The summed E-state index contributed by atoms with van der Waals surface area (Å²) in [5.74, 6) is 0.191. The van der Waals surface area contributed by atoms with Crippen molar-refractivity contribution in [2.24, 2.45) is 0 Å². The molecule has 28 heavy (non-hydrogen) atoms. The van der Waals surface area contributed by atoms with Crippen LogP contribution in [0.1, 0.15) is 16.7 Å². The number of carbonyl (C=O) groups excluding carboxylic acids is 2. The van der Waals surface area contributed by atoms with Gasteiger partial charge in [0.1, 0.15) is 10.1 Å². The third-order valence-electron chi connectivity index (χ3n) is 4.26. The third-order valence-corrected chi connectivity index (χ3v) is 5.43. The maximum Gasteiger partial charge on any atom is 0.265 e. The summed E-state index contributed by atoms with van der Waals surface area (Å²) in [6.07, 6.45) is 1.73. The fraction of sp³-hybridized carbons (Fsp3) is 0.100. The quantitative estimate of drug-likeness (QED) is 0.622. The number of fused-ring (bicyclic) bond motifs is 1. The average molecular weight is 407 g/mol. The molecule has 4 rings (SSSR count). The second-order valence-corrected chi connectivity index (χ2v) is 7.88. The van der Waals surface area contributed by atoms with Crippen LogP contribution in [0.3, 0.4) is 0 Å². The number of nitrogens with one attached hydrogen (secondary N) is 1. The minimum absolute atomic E-state index is 0.0437. The number of carbonyl (C=O) groups is 2. The van der Waals surface area contributed by atoms with Gasteiger partial charge >= 0.3 is 0 Å². The molecule has 0 saturated carbocycles. The number of benzene rings is 2. The number of hydrogen-bond donors (Lipinski definition) is 1. The van der Waals surface area contributed by atoms with Crippen LogP contribution < -0.4 is 15.0 Å². The van der Waals surface area contributed by atoms with E-state index in [-0.39, 0.29) is 18.4 Å². The maximum absolute atomic E-state index is 12.5. The predicted octanol–water partition coefficient (Wildman–Crippen LogP) is 2.97. The summed E-state index contributed by atoms with van der Waals surface area (Å²) in [4.78, 5) is 26.5. The zero-order valence-corrected chi connectivity index (χ0v) is 16.1. The summed E-state index contributed by atoms with van der Waals surface area (Å²) in [5, 5.41) is 11.7. The van der Waals surface area contributed by atoms with Crippen molar-refractivity contribution in [3.05, 3.63) is 64.1 Å². The Bertz CT molecular complexity index is 1090.